The predicted molar refractivity (Wildman–Crippen MR) is 89.5 cm³/mol. The maximum Gasteiger partial charge on any atom is 0.118 e. The van der Waals surface area contributed by atoms with Gasteiger partial charge in [-0.2, -0.15) is 0 Å². The molecule has 2 atom stereocenters. The molecule has 1 N–H and O–H groups in total. The van der Waals surface area contributed by atoms with Crippen LogP contribution >= 0.6 is 0 Å². The maximum absolute atomic E-state index is 10.5. The number of hydrogen-bond donors (Lipinski definition) is 1. The Bertz CT molecular complexity index is 469. The largest absolute Gasteiger partial charge is 0.497 e. The Balaban J connectivity index is 2.69. The van der Waals surface area contributed by atoms with Crippen LogP contribution in [0.2, 0.25) is 0 Å². The molecule has 2 nitrogen and oxygen atoms in total. The molecule has 0 spiro atoms. The molecule has 0 saturated carbocycles. The molecule has 116 valence electrons. The quantitative estimate of drug-likeness (QED) is 0.678. The third-order valence-electron chi connectivity index (χ3n) is 3.92. The fourth-order valence-corrected chi connectivity index (χ4v) is 2.36. The van der Waals surface area contributed by atoms with E-state index in [9.17, 15) is 5.11 Å². The zero-order chi connectivity index (χ0) is 15.9. The van der Waals surface area contributed by atoms with Gasteiger partial charge in [0.25, 0.3) is 0 Å². The molecule has 0 fully saturated rings. The highest BCUT2D eigenvalue weighted by atomic mass is 16.5. The van der Waals surface area contributed by atoms with E-state index in [0.717, 1.165) is 24.2 Å². The minimum Gasteiger partial charge on any atom is -0.497 e. The summed E-state index contributed by atoms with van der Waals surface area (Å²) in [6.07, 6.45) is 6.42. The lowest BCUT2D eigenvalue weighted by Crippen LogP contribution is -2.17. The Morgan fingerprint density at radius 1 is 1.33 bits per heavy atom. The van der Waals surface area contributed by atoms with Crippen molar-refractivity contribution in [3.63, 3.8) is 0 Å². The first-order chi connectivity index (χ1) is 9.90. The minimum atomic E-state index is -0.481. The fourth-order valence-electron chi connectivity index (χ4n) is 2.36. The molecule has 0 saturated heterocycles. The Labute approximate surface area is 129 Å². The van der Waals surface area contributed by atoms with E-state index in [2.05, 4.69) is 33.4 Å². The summed E-state index contributed by atoms with van der Waals surface area (Å²) in [6.45, 7) is 10.3. The van der Waals surface area contributed by atoms with Crippen molar-refractivity contribution in [2.75, 3.05) is 7.11 Å². The second-order valence-electron chi connectivity index (χ2n) is 6.17. The van der Waals surface area contributed by atoms with E-state index in [0.29, 0.717) is 6.42 Å². The van der Waals surface area contributed by atoms with Gasteiger partial charge in [-0.1, -0.05) is 36.8 Å². The standard InChI is InChI=1S/C19H28O2/c1-6-19(4,13-7-8-15(2)3)14-18(20)16-9-11-17(21-5)12-10-16/h6,8-12,18,20H,1,7,13-14H2,2-5H3. The van der Waals surface area contributed by atoms with Crippen LogP contribution in [-0.4, -0.2) is 12.2 Å². The van der Waals surface area contributed by atoms with E-state index < -0.39 is 6.10 Å². The van der Waals surface area contributed by atoms with Crippen LogP contribution in [0.15, 0.2) is 48.6 Å². The summed E-state index contributed by atoms with van der Waals surface area (Å²) in [5.74, 6) is 0.806. The molecule has 0 radical (unpaired) electrons. The molecule has 0 bridgehead atoms. The van der Waals surface area contributed by atoms with Gasteiger partial charge in [0, 0.05) is 0 Å². The summed E-state index contributed by atoms with van der Waals surface area (Å²) in [5.41, 5.74) is 2.19. The van der Waals surface area contributed by atoms with E-state index in [1.54, 1.807) is 7.11 Å². The fraction of sp³-hybridized carbons (Fsp3) is 0.474. The van der Waals surface area contributed by atoms with Crippen molar-refractivity contribution in [2.24, 2.45) is 5.41 Å². The van der Waals surface area contributed by atoms with Crippen LogP contribution in [0.5, 0.6) is 5.75 Å². The zero-order valence-electron chi connectivity index (χ0n) is 13.7. The van der Waals surface area contributed by atoms with Crippen LogP contribution in [-0.2, 0) is 0 Å². The van der Waals surface area contributed by atoms with Gasteiger partial charge in [0.15, 0.2) is 0 Å². The lowest BCUT2D eigenvalue weighted by atomic mass is 9.79. The van der Waals surface area contributed by atoms with Gasteiger partial charge in [-0.3, -0.25) is 0 Å². The first-order valence-electron chi connectivity index (χ1n) is 7.49. The van der Waals surface area contributed by atoms with Crippen molar-refractivity contribution in [1.29, 1.82) is 0 Å². The van der Waals surface area contributed by atoms with Crippen LogP contribution < -0.4 is 4.74 Å². The number of methoxy groups -OCH3 is 1. The van der Waals surface area contributed by atoms with Crippen LogP contribution in [0.1, 0.15) is 51.7 Å². The van der Waals surface area contributed by atoms with E-state index in [1.807, 2.05) is 30.3 Å². The van der Waals surface area contributed by atoms with Gasteiger partial charge in [-0.05, 0) is 56.2 Å². The molecular weight excluding hydrogens is 260 g/mol. The number of aliphatic hydroxyl groups excluding tert-OH is 1. The molecule has 0 aliphatic rings. The number of allylic oxidation sites excluding steroid dienone is 3. The van der Waals surface area contributed by atoms with Gasteiger partial charge in [0.05, 0.1) is 13.2 Å². The third kappa shape index (κ3) is 5.76. The van der Waals surface area contributed by atoms with Gasteiger partial charge in [-0.25, -0.2) is 0 Å². The highest BCUT2D eigenvalue weighted by Gasteiger charge is 2.24. The van der Waals surface area contributed by atoms with Gasteiger partial charge in [0.1, 0.15) is 5.75 Å². The Morgan fingerprint density at radius 3 is 2.43 bits per heavy atom. The SMILES string of the molecule is C=CC(C)(CCC=C(C)C)CC(O)c1ccc(OC)cc1. The van der Waals surface area contributed by atoms with Crippen molar-refractivity contribution in [3.8, 4) is 5.75 Å². The predicted octanol–water partition coefficient (Wildman–Crippen LogP) is 5.06. The molecule has 21 heavy (non-hydrogen) atoms. The maximum atomic E-state index is 10.5. The molecule has 0 amide bonds. The molecular formula is C19H28O2. The van der Waals surface area contributed by atoms with Crippen molar-refractivity contribution in [3.05, 3.63) is 54.1 Å². The average molecular weight is 288 g/mol. The molecule has 1 rings (SSSR count). The highest BCUT2D eigenvalue weighted by molar-refractivity contribution is 5.28. The van der Waals surface area contributed by atoms with E-state index in [1.165, 1.54) is 5.57 Å². The number of rotatable bonds is 8. The lowest BCUT2D eigenvalue weighted by Gasteiger charge is -2.28. The highest BCUT2D eigenvalue weighted by Crippen LogP contribution is 2.36. The molecule has 1 aromatic rings. The smallest absolute Gasteiger partial charge is 0.118 e. The average Bonchev–Trinajstić information content (AvgIpc) is 2.46. The summed E-state index contributed by atoms with van der Waals surface area (Å²) in [7, 11) is 1.64. The number of aliphatic hydroxyl groups is 1. The van der Waals surface area contributed by atoms with Crippen molar-refractivity contribution < 1.29 is 9.84 Å². The monoisotopic (exact) mass is 288 g/mol. The first-order valence-corrected chi connectivity index (χ1v) is 7.49. The van der Waals surface area contributed by atoms with Gasteiger partial charge < -0.3 is 9.84 Å². The second-order valence-corrected chi connectivity index (χ2v) is 6.17. The van der Waals surface area contributed by atoms with Gasteiger partial charge in [0.2, 0.25) is 0 Å². The zero-order valence-corrected chi connectivity index (χ0v) is 13.7. The minimum absolute atomic E-state index is 0.0642. The summed E-state index contributed by atoms with van der Waals surface area (Å²) in [5, 5.41) is 10.5. The first kappa shape index (κ1) is 17.5. The summed E-state index contributed by atoms with van der Waals surface area (Å²) >= 11 is 0. The number of ether oxygens (including phenoxy) is 1. The lowest BCUT2D eigenvalue weighted by molar-refractivity contribution is 0.122. The normalized spacial score (nSPS) is 14.9. The summed E-state index contributed by atoms with van der Waals surface area (Å²) in [6, 6.07) is 7.60. The van der Waals surface area contributed by atoms with Gasteiger partial charge in [-0.15, -0.1) is 6.58 Å². The molecule has 2 unspecified atom stereocenters. The van der Waals surface area contributed by atoms with Crippen molar-refractivity contribution in [2.45, 2.75) is 46.1 Å². The van der Waals surface area contributed by atoms with Crippen molar-refractivity contribution in [1.82, 2.24) is 0 Å². The van der Waals surface area contributed by atoms with Crippen LogP contribution in [0.25, 0.3) is 0 Å². The Morgan fingerprint density at radius 2 is 1.95 bits per heavy atom. The summed E-state index contributed by atoms with van der Waals surface area (Å²) < 4.78 is 5.14. The van der Waals surface area contributed by atoms with Crippen molar-refractivity contribution >= 4 is 0 Å². The Hall–Kier alpha value is -1.54. The van der Waals surface area contributed by atoms with Gasteiger partial charge >= 0.3 is 0 Å². The summed E-state index contributed by atoms with van der Waals surface area (Å²) in [4.78, 5) is 0. The van der Waals surface area contributed by atoms with E-state index >= 15 is 0 Å². The molecule has 0 heterocycles. The Kier molecular flexibility index (Phi) is 6.70. The van der Waals surface area contributed by atoms with Crippen LogP contribution in [0.4, 0.5) is 0 Å². The van der Waals surface area contributed by atoms with Crippen LogP contribution in [0, 0.1) is 5.41 Å². The number of hydrogen-bond acceptors (Lipinski definition) is 2. The molecule has 0 aliphatic heterocycles. The van der Waals surface area contributed by atoms with E-state index in [4.69, 9.17) is 4.74 Å². The molecule has 2 heteroatoms. The third-order valence-corrected chi connectivity index (χ3v) is 3.92. The topological polar surface area (TPSA) is 29.5 Å². The molecule has 0 aromatic heterocycles. The number of benzene rings is 1. The molecule has 0 aliphatic carbocycles. The molecule has 1 aromatic carbocycles. The van der Waals surface area contributed by atoms with Crippen LogP contribution in [0.3, 0.4) is 0 Å². The van der Waals surface area contributed by atoms with E-state index in [-0.39, 0.29) is 5.41 Å². The second kappa shape index (κ2) is 8.04.